The number of hydrogen-bond acceptors (Lipinski definition) is 3. The van der Waals surface area contributed by atoms with E-state index in [2.05, 4.69) is 0 Å². The topological polar surface area (TPSA) is 112 Å². The number of nitrogen functional groups attached to an aromatic ring is 1. The van der Waals surface area contributed by atoms with Crippen LogP contribution in [0, 0.1) is 0 Å². The minimum atomic E-state index is -0.576. The zero-order chi connectivity index (χ0) is 14.0. The van der Waals surface area contributed by atoms with Crippen molar-refractivity contribution in [2.24, 2.45) is 11.5 Å². The molecule has 0 saturated carbocycles. The van der Waals surface area contributed by atoms with E-state index >= 15 is 0 Å². The minimum absolute atomic E-state index is 0.275. The molecule has 0 aliphatic heterocycles. The van der Waals surface area contributed by atoms with Crippen molar-refractivity contribution >= 4 is 17.5 Å². The average molecular weight is 255 g/mol. The molecule has 0 bridgehead atoms. The normalized spacial score (nSPS) is 10.1. The second kappa shape index (κ2) is 4.81. The summed E-state index contributed by atoms with van der Waals surface area (Å²) in [6.07, 6.45) is 0. The second-order valence-corrected chi connectivity index (χ2v) is 4.11. The van der Waals surface area contributed by atoms with Crippen LogP contribution in [0.2, 0.25) is 0 Å². The molecule has 0 radical (unpaired) electrons. The molecular formula is C14H13N3O2. The van der Waals surface area contributed by atoms with E-state index in [1.165, 1.54) is 0 Å². The molecular weight excluding hydrogens is 242 g/mol. The molecule has 0 aliphatic rings. The van der Waals surface area contributed by atoms with Crippen LogP contribution >= 0.6 is 0 Å². The number of hydrogen-bond donors (Lipinski definition) is 3. The SMILES string of the molecule is NC(=O)c1ccc(-c2ccc(N)c(C(N)=O)c2)cc1. The van der Waals surface area contributed by atoms with Gasteiger partial charge in [0.1, 0.15) is 0 Å². The zero-order valence-electron chi connectivity index (χ0n) is 10.1. The van der Waals surface area contributed by atoms with Crippen LogP contribution in [0.1, 0.15) is 20.7 Å². The Labute approximate surface area is 110 Å². The Morgan fingerprint density at radius 1 is 0.789 bits per heavy atom. The van der Waals surface area contributed by atoms with Crippen molar-refractivity contribution in [2.45, 2.75) is 0 Å². The summed E-state index contributed by atoms with van der Waals surface area (Å²) in [7, 11) is 0. The maximum Gasteiger partial charge on any atom is 0.250 e. The molecule has 0 aliphatic carbocycles. The van der Waals surface area contributed by atoms with E-state index in [1.54, 1.807) is 42.5 Å². The first kappa shape index (κ1) is 12.6. The van der Waals surface area contributed by atoms with E-state index in [9.17, 15) is 9.59 Å². The summed E-state index contributed by atoms with van der Waals surface area (Å²) in [4.78, 5) is 22.2. The molecule has 0 heterocycles. The van der Waals surface area contributed by atoms with Crippen LogP contribution in [-0.4, -0.2) is 11.8 Å². The number of benzene rings is 2. The molecule has 19 heavy (non-hydrogen) atoms. The molecule has 96 valence electrons. The van der Waals surface area contributed by atoms with Gasteiger partial charge in [0.05, 0.1) is 5.56 Å². The lowest BCUT2D eigenvalue weighted by molar-refractivity contribution is 0.0992. The van der Waals surface area contributed by atoms with Crippen molar-refractivity contribution in [3.63, 3.8) is 0 Å². The first-order chi connectivity index (χ1) is 8.99. The molecule has 0 aromatic heterocycles. The smallest absolute Gasteiger partial charge is 0.250 e. The van der Waals surface area contributed by atoms with Crippen LogP contribution < -0.4 is 17.2 Å². The number of anilines is 1. The lowest BCUT2D eigenvalue weighted by Crippen LogP contribution is -2.13. The van der Waals surface area contributed by atoms with Gasteiger partial charge in [-0.3, -0.25) is 9.59 Å². The highest BCUT2D eigenvalue weighted by molar-refractivity contribution is 5.99. The fraction of sp³-hybridized carbons (Fsp3) is 0. The van der Waals surface area contributed by atoms with Gasteiger partial charge in [-0.15, -0.1) is 0 Å². The van der Waals surface area contributed by atoms with Gasteiger partial charge >= 0.3 is 0 Å². The van der Waals surface area contributed by atoms with E-state index in [1.807, 2.05) is 0 Å². The molecule has 5 nitrogen and oxygen atoms in total. The van der Waals surface area contributed by atoms with Gasteiger partial charge in [0.25, 0.3) is 5.91 Å². The van der Waals surface area contributed by atoms with Gasteiger partial charge in [0.15, 0.2) is 0 Å². The summed E-state index contributed by atoms with van der Waals surface area (Å²) >= 11 is 0. The number of carbonyl (C=O) groups is 2. The molecule has 2 aromatic carbocycles. The Hall–Kier alpha value is -2.82. The van der Waals surface area contributed by atoms with Crippen LogP contribution in [0.25, 0.3) is 11.1 Å². The quantitative estimate of drug-likeness (QED) is 0.714. The summed E-state index contributed by atoms with van der Waals surface area (Å²) in [5.41, 5.74) is 18.8. The Morgan fingerprint density at radius 3 is 1.89 bits per heavy atom. The fourth-order valence-electron chi connectivity index (χ4n) is 1.78. The highest BCUT2D eigenvalue weighted by atomic mass is 16.1. The van der Waals surface area contributed by atoms with E-state index in [-0.39, 0.29) is 5.56 Å². The van der Waals surface area contributed by atoms with Crippen molar-refractivity contribution in [3.8, 4) is 11.1 Å². The number of amides is 2. The molecule has 0 fully saturated rings. The zero-order valence-corrected chi connectivity index (χ0v) is 10.1. The Bertz CT molecular complexity index is 648. The first-order valence-electron chi connectivity index (χ1n) is 5.58. The molecule has 0 spiro atoms. The molecule has 5 heteroatoms. The monoisotopic (exact) mass is 255 g/mol. The number of nitrogens with two attached hydrogens (primary N) is 3. The average Bonchev–Trinajstić information content (AvgIpc) is 2.39. The number of rotatable bonds is 3. The van der Waals surface area contributed by atoms with Gasteiger partial charge in [-0.2, -0.15) is 0 Å². The van der Waals surface area contributed by atoms with Crippen molar-refractivity contribution in [1.82, 2.24) is 0 Å². The van der Waals surface area contributed by atoms with Crippen molar-refractivity contribution in [3.05, 3.63) is 53.6 Å². The van der Waals surface area contributed by atoms with Crippen molar-refractivity contribution in [1.29, 1.82) is 0 Å². The van der Waals surface area contributed by atoms with Crippen LogP contribution in [0.3, 0.4) is 0 Å². The standard InChI is InChI=1S/C14H13N3O2/c15-12-6-5-10(7-11(12)14(17)19)8-1-3-9(4-2-8)13(16)18/h1-7H,15H2,(H2,16,18)(H2,17,19). The molecule has 0 unspecified atom stereocenters. The molecule has 0 saturated heterocycles. The Morgan fingerprint density at radius 2 is 1.37 bits per heavy atom. The van der Waals surface area contributed by atoms with Gasteiger partial charge in [0.2, 0.25) is 5.91 Å². The van der Waals surface area contributed by atoms with E-state index in [4.69, 9.17) is 17.2 Å². The molecule has 2 aromatic rings. The molecule has 0 atom stereocenters. The van der Waals surface area contributed by atoms with Crippen LogP contribution in [0.15, 0.2) is 42.5 Å². The third-order valence-electron chi connectivity index (χ3n) is 2.82. The fourth-order valence-corrected chi connectivity index (χ4v) is 1.78. The highest BCUT2D eigenvalue weighted by Crippen LogP contribution is 2.24. The van der Waals surface area contributed by atoms with Gasteiger partial charge in [-0.25, -0.2) is 0 Å². The summed E-state index contributed by atoms with van der Waals surface area (Å²) < 4.78 is 0. The second-order valence-electron chi connectivity index (χ2n) is 4.11. The summed E-state index contributed by atoms with van der Waals surface area (Å²) in [5.74, 6) is -1.06. The van der Waals surface area contributed by atoms with E-state index in [0.717, 1.165) is 11.1 Å². The lowest BCUT2D eigenvalue weighted by Gasteiger charge is -2.06. The summed E-state index contributed by atoms with van der Waals surface area (Å²) in [5, 5.41) is 0. The van der Waals surface area contributed by atoms with Gasteiger partial charge in [-0.1, -0.05) is 18.2 Å². The maximum atomic E-state index is 11.2. The van der Waals surface area contributed by atoms with Crippen LogP contribution in [0.4, 0.5) is 5.69 Å². The van der Waals surface area contributed by atoms with Crippen LogP contribution in [-0.2, 0) is 0 Å². The number of carbonyl (C=O) groups excluding carboxylic acids is 2. The molecule has 2 rings (SSSR count). The van der Waals surface area contributed by atoms with Gasteiger partial charge in [0, 0.05) is 11.3 Å². The van der Waals surface area contributed by atoms with E-state index < -0.39 is 11.8 Å². The third-order valence-corrected chi connectivity index (χ3v) is 2.82. The maximum absolute atomic E-state index is 11.2. The highest BCUT2D eigenvalue weighted by Gasteiger charge is 2.08. The third kappa shape index (κ3) is 2.55. The largest absolute Gasteiger partial charge is 0.398 e. The summed E-state index contributed by atoms with van der Waals surface area (Å²) in [6.45, 7) is 0. The number of primary amides is 2. The van der Waals surface area contributed by atoms with Gasteiger partial charge < -0.3 is 17.2 Å². The predicted octanol–water partition coefficient (Wildman–Crippen LogP) is 1.13. The van der Waals surface area contributed by atoms with Crippen LogP contribution in [0.5, 0.6) is 0 Å². The van der Waals surface area contributed by atoms with Crippen molar-refractivity contribution in [2.75, 3.05) is 5.73 Å². The predicted molar refractivity (Wildman–Crippen MR) is 73.3 cm³/mol. The first-order valence-corrected chi connectivity index (χ1v) is 5.58. The molecule has 2 amide bonds. The molecule has 6 N–H and O–H groups in total. The lowest BCUT2D eigenvalue weighted by atomic mass is 10.0. The summed E-state index contributed by atoms with van der Waals surface area (Å²) in [6, 6.07) is 11.8. The minimum Gasteiger partial charge on any atom is -0.398 e. The van der Waals surface area contributed by atoms with Crippen molar-refractivity contribution < 1.29 is 9.59 Å². The Balaban J connectivity index is 2.44. The van der Waals surface area contributed by atoms with E-state index in [0.29, 0.717) is 11.3 Å². The van der Waals surface area contributed by atoms with Gasteiger partial charge in [-0.05, 0) is 35.4 Å². The Kier molecular flexibility index (Phi) is 3.20.